The third-order valence-corrected chi connectivity index (χ3v) is 4.15. The van der Waals surface area contributed by atoms with E-state index >= 15 is 0 Å². The summed E-state index contributed by atoms with van der Waals surface area (Å²) in [7, 11) is 0. The largest absolute Gasteiger partial charge is 0.383 e. The number of rotatable bonds is 1. The van der Waals surface area contributed by atoms with E-state index < -0.39 is 5.91 Å². The monoisotopic (exact) mass is 294 g/mol. The van der Waals surface area contributed by atoms with Crippen molar-refractivity contribution in [2.24, 2.45) is 0 Å². The number of amides is 2. The molecule has 6 nitrogen and oxygen atoms in total. The van der Waals surface area contributed by atoms with Crippen molar-refractivity contribution in [1.29, 1.82) is 0 Å². The summed E-state index contributed by atoms with van der Waals surface area (Å²) in [6.45, 7) is 0. The van der Waals surface area contributed by atoms with E-state index in [9.17, 15) is 9.59 Å². The second-order valence-corrected chi connectivity index (χ2v) is 5.47. The van der Waals surface area contributed by atoms with Crippen LogP contribution in [0.2, 0.25) is 0 Å². The topological polar surface area (TPSA) is 90.0 Å². The number of nitrogens with one attached hydrogen (secondary N) is 1. The molecule has 1 fully saturated rings. The summed E-state index contributed by atoms with van der Waals surface area (Å²) in [5.41, 5.74) is 9.13. The third-order valence-electron chi connectivity index (χ3n) is 4.15. The standard InChI is InChI=1S/C16H14N4O2/c17-14-12-13(19-20(14)10-7-2-1-3-8-10)11(9-5-4-6-9)15(21)18-16(12)22/h1-3,7-8H,4-6,17H2,(H,18,21,22). The Morgan fingerprint density at radius 1 is 1.09 bits per heavy atom. The molecule has 0 radical (unpaired) electrons. The van der Waals surface area contributed by atoms with Crippen molar-refractivity contribution < 1.29 is 9.59 Å². The zero-order valence-electron chi connectivity index (χ0n) is 11.8. The Balaban J connectivity index is 1.96. The van der Waals surface area contributed by atoms with Crippen molar-refractivity contribution in [2.75, 3.05) is 5.73 Å². The minimum absolute atomic E-state index is 0.253. The van der Waals surface area contributed by atoms with E-state index in [4.69, 9.17) is 5.73 Å². The average Bonchev–Trinajstić information content (AvgIpc) is 2.80. The number of hydrogen-bond donors (Lipinski definition) is 2. The predicted octanol–water partition coefficient (Wildman–Crippen LogP) is 1.66. The van der Waals surface area contributed by atoms with Crippen LogP contribution in [0.1, 0.15) is 35.3 Å². The highest BCUT2D eigenvalue weighted by Crippen LogP contribution is 2.38. The number of hydrogen-bond acceptors (Lipinski definition) is 4. The highest BCUT2D eigenvalue weighted by molar-refractivity contribution is 6.32. The van der Waals surface area contributed by atoms with Crippen molar-refractivity contribution in [1.82, 2.24) is 15.1 Å². The van der Waals surface area contributed by atoms with Crippen LogP contribution in [-0.2, 0) is 4.79 Å². The zero-order valence-corrected chi connectivity index (χ0v) is 11.8. The number of carbonyl (C=O) groups is 2. The fraction of sp³-hybridized carbons (Fsp3) is 0.188. The van der Waals surface area contributed by atoms with Crippen LogP contribution in [0, 0.1) is 0 Å². The molecule has 3 N–H and O–H groups in total. The first-order valence-electron chi connectivity index (χ1n) is 7.19. The molecule has 2 heterocycles. The number of nitrogens with zero attached hydrogens (tertiary/aromatic N) is 2. The number of carbonyl (C=O) groups excluding carboxylic acids is 2. The lowest BCUT2D eigenvalue weighted by molar-refractivity contribution is -0.114. The van der Waals surface area contributed by atoms with Gasteiger partial charge < -0.3 is 5.73 Å². The maximum atomic E-state index is 12.2. The normalized spacial score (nSPS) is 17.1. The molecule has 6 heteroatoms. The smallest absolute Gasteiger partial charge is 0.264 e. The van der Waals surface area contributed by atoms with Crippen molar-refractivity contribution in [2.45, 2.75) is 19.3 Å². The number of imide groups is 1. The van der Waals surface area contributed by atoms with Crippen LogP contribution in [0.3, 0.4) is 0 Å². The number of nitrogens with two attached hydrogens (primary N) is 1. The van der Waals surface area contributed by atoms with Gasteiger partial charge in [0.15, 0.2) is 0 Å². The molecule has 0 saturated heterocycles. The number of nitrogen functional groups attached to an aromatic ring is 1. The van der Waals surface area contributed by atoms with Gasteiger partial charge in [-0.3, -0.25) is 14.9 Å². The number of allylic oxidation sites excluding steroid dienone is 1. The van der Waals surface area contributed by atoms with Gasteiger partial charge in [0, 0.05) is 0 Å². The summed E-state index contributed by atoms with van der Waals surface area (Å²) in [5, 5.41) is 6.83. The van der Waals surface area contributed by atoms with Crippen LogP contribution in [0.25, 0.3) is 11.3 Å². The summed E-state index contributed by atoms with van der Waals surface area (Å²) >= 11 is 0. The molecule has 1 aliphatic heterocycles. The third kappa shape index (κ3) is 1.70. The van der Waals surface area contributed by atoms with Crippen LogP contribution in [0.4, 0.5) is 5.82 Å². The molecule has 0 atom stereocenters. The molecule has 22 heavy (non-hydrogen) atoms. The molecule has 2 amide bonds. The van der Waals surface area contributed by atoms with E-state index in [1.54, 1.807) is 0 Å². The first-order valence-corrected chi connectivity index (χ1v) is 7.19. The molecular weight excluding hydrogens is 280 g/mol. The maximum Gasteiger partial charge on any atom is 0.264 e. The summed E-state index contributed by atoms with van der Waals surface area (Å²) in [5.74, 6) is -0.600. The van der Waals surface area contributed by atoms with E-state index in [-0.39, 0.29) is 17.3 Å². The molecule has 0 bridgehead atoms. The van der Waals surface area contributed by atoms with Gasteiger partial charge in [0.1, 0.15) is 17.1 Å². The van der Waals surface area contributed by atoms with Gasteiger partial charge in [-0.2, -0.15) is 5.10 Å². The zero-order chi connectivity index (χ0) is 15.3. The van der Waals surface area contributed by atoms with E-state index in [1.807, 2.05) is 30.3 Å². The lowest BCUT2D eigenvalue weighted by Crippen LogP contribution is -2.37. The van der Waals surface area contributed by atoms with Gasteiger partial charge in [-0.1, -0.05) is 23.8 Å². The van der Waals surface area contributed by atoms with Gasteiger partial charge >= 0.3 is 0 Å². The minimum Gasteiger partial charge on any atom is -0.383 e. The van der Waals surface area contributed by atoms with Gasteiger partial charge in [0.05, 0.1) is 11.3 Å². The Morgan fingerprint density at radius 3 is 2.45 bits per heavy atom. The molecule has 2 aromatic rings. The average molecular weight is 294 g/mol. The van der Waals surface area contributed by atoms with E-state index in [2.05, 4.69) is 10.4 Å². The number of anilines is 1. The van der Waals surface area contributed by atoms with Crippen LogP contribution in [0.5, 0.6) is 0 Å². The quantitative estimate of drug-likeness (QED) is 0.618. The molecule has 1 saturated carbocycles. The summed E-state index contributed by atoms with van der Waals surface area (Å²) in [6.07, 6.45) is 2.80. The van der Waals surface area contributed by atoms with Crippen molar-refractivity contribution in [3.63, 3.8) is 0 Å². The first-order chi connectivity index (χ1) is 10.7. The molecular formula is C16H14N4O2. The molecule has 4 rings (SSSR count). The van der Waals surface area contributed by atoms with E-state index in [0.717, 1.165) is 30.5 Å². The Morgan fingerprint density at radius 2 is 1.82 bits per heavy atom. The van der Waals surface area contributed by atoms with Gasteiger partial charge in [-0.25, -0.2) is 4.68 Å². The lowest BCUT2D eigenvalue weighted by atomic mass is 9.84. The number of fused-ring (bicyclic) bond motifs is 1. The van der Waals surface area contributed by atoms with Gasteiger partial charge in [0.2, 0.25) is 0 Å². The van der Waals surface area contributed by atoms with Crippen molar-refractivity contribution in [3.8, 4) is 5.69 Å². The number of para-hydroxylation sites is 1. The molecule has 1 aromatic heterocycles. The predicted molar refractivity (Wildman–Crippen MR) is 81.2 cm³/mol. The van der Waals surface area contributed by atoms with Crippen LogP contribution >= 0.6 is 0 Å². The maximum absolute atomic E-state index is 12.2. The fourth-order valence-electron chi connectivity index (χ4n) is 2.86. The lowest BCUT2D eigenvalue weighted by Gasteiger charge is -2.23. The molecule has 2 aliphatic rings. The molecule has 110 valence electrons. The Labute approximate surface area is 126 Å². The highest BCUT2D eigenvalue weighted by Gasteiger charge is 2.36. The first kappa shape index (κ1) is 12.8. The summed E-state index contributed by atoms with van der Waals surface area (Å²) < 4.78 is 1.52. The van der Waals surface area contributed by atoms with Gasteiger partial charge in [-0.05, 0) is 31.4 Å². The second-order valence-electron chi connectivity index (χ2n) is 5.47. The minimum atomic E-state index is -0.483. The van der Waals surface area contributed by atoms with E-state index in [1.165, 1.54) is 4.68 Å². The SMILES string of the molecule is Nc1c2c(nn1-c1ccccc1)C(=C1CCC1)C(=O)NC2=O. The molecule has 1 aromatic carbocycles. The molecule has 1 aliphatic carbocycles. The number of aromatic nitrogens is 2. The highest BCUT2D eigenvalue weighted by atomic mass is 16.2. The molecule has 0 spiro atoms. The second kappa shape index (κ2) is 4.56. The van der Waals surface area contributed by atoms with Gasteiger partial charge in [-0.15, -0.1) is 0 Å². The van der Waals surface area contributed by atoms with Crippen molar-refractivity contribution >= 4 is 23.2 Å². The number of benzene rings is 1. The van der Waals surface area contributed by atoms with Crippen molar-refractivity contribution in [3.05, 3.63) is 47.2 Å². The molecule has 0 unspecified atom stereocenters. The van der Waals surface area contributed by atoms with Gasteiger partial charge in [0.25, 0.3) is 11.8 Å². The van der Waals surface area contributed by atoms with Crippen LogP contribution < -0.4 is 11.1 Å². The Bertz CT molecular complexity index is 827. The summed E-state index contributed by atoms with van der Waals surface area (Å²) in [6, 6.07) is 9.33. The summed E-state index contributed by atoms with van der Waals surface area (Å²) in [4.78, 5) is 24.3. The van der Waals surface area contributed by atoms with Crippen LogP contribution in [0.15, 0.2) is 35.9 Å². The van der Waals surface area contributed by atoms with E-state index in [0.29, 0.717) is 11.3 Å². The van der Waals surface area contributed by atoms with Crippen LogP contribution in [-0.4, -0.2) is 21.6 Å². The Kier molecular flexibility index (Phi) is 2.66. The fourth-order valence-corrected chi connectivity index (χ4v) is 2.86. The Hall–Kier alpha value is -2.89.